The largest absolute Gasteiger partial charge is 0.399 e. The highest BCUT2D eigenvalue weighted by Crippen LogP contribution is 2.39. The lowest BCUT2D eigenvalue weighted by atomic mass is 10.2. The number of hydrogen-bond acceptors (Lipinski definition) is 8. The zero-order valence-corrected chi connectivity index (χ0v) is 22.6. The summed E-state index contributed by atoms with van der Waals surface area (Å²) >= 11 is 5.90. The molecule has 3 N–H and O–H groups in total. The monoisotopic (exact) mass is 528 g/mol. The molecule has 1 amide bonds. The minimum absolute atomic E-state index is 0.136. The quantitative estimate of drug-likeness (QED) is 0.198. The molecule has 0 bridgehead atoms. The molecule has 0 saturated carbocycles. The zero-order chi connectivity index (χ0) is 26.5. The minimum Gasteiger partial charge on any atom is -0.399 e. The number of nitrogens with zero attached hydrogens (tertiary/aromatic N) is 4. The Kier molecular flexibility index (Phi) is 8.11. The van der Waals surface area contributed by atoms with Crippen LogP contribution < -0.4 is 16.0 Å². The summed E-state index contributed by atoms with van der Waals surface area (Å²) in [4.78, 5) is 23.6. The standard InChI is InChI=1S/C28H28N6OS2/c1-4-31-22-12-10-20(16-29)14-23(22)32-28-34(17-19-8-6-5-7-9-19)27(35)26(37-28)18(2)33(3)24-15-21(30)11-13-25(24)36/h5-15,31,36H,4,17,30H2,1-3H3/b26-18+,32-28?. The third-order valence-electron chi connectivity index (χ3n) is 5.95. The van der Waals surface area contributed by atoms with Crippen molar-refractivity contribution in [2.24, 2.45) is 4.99 Å². The van der Waals surface area contributed by atoms with Gasteiger partial charge in [-0.05, 0) is 67.6 Å². The van der Waals surface area contributed by atoms with Gasteiger partial charge >= 0.3 is 0 Å². The Morgan fingerprint density at radius 1 is 1.19 bits per heavy atom. The maximum absolute atomic E-state index is 13.8. The van der Waals surface area contributed by atoms with Gasteiger partial charge in [-0.15, -0.1) is 12.6 Å². The predicted octanol–water partition coefficient (Wildman–Crippen LogP) is 5.99. The van der Waals surface area contributed by atoms with E-state index >= 15 is 0 Å². The number of thioether (sulfide) groups is 1. The van der Waals surface area contributed by atoms with E-state index in [1.807, 2.05) is 74.3 Å². The van der Waals surface area contributed by atoms with E-state index in [2.05, 4.69) is 24.0 Å². The molecule has 0 spiro atoms. The SMILES string of the molecule is CCNc1ccc(C#N)cc1N=C1S/C(=C(\C)N(C)c2cc(N)ccc2S)C(=O)N1Cc1ccccc1. The van der Waals surface area contributed by atoms with Crippen molar-refractivity contribution in [3.05, 3.63) is 88.5 Å². The Balaban J connectivity index is 1.80. The number of thiol groups is 1. The highest BCUT2D eigenvalue weighted by atomic mass is 32.2. The van der Waals surface area contributed by atoms with Crippen molar-refractivity contribution < 1.29 is 4.79 Å². The van der Waals surface area contributed by atoms with Gasteiger partial charge < -0.3 is 16.0 Å². The number of nitrogens with one attached hydrogen (secondary N) is 1. The van der Waals surface area contributed by atoms with Crippen LogP contribution in [0.1, 0.15) is 25.0 Å². The van der Waals surface area contributed by atoms with Gasteiger partial charge in [0.05, 0.1) is 40.1 Å². The van der Waals surface area contributed by atoms with Crippen LogP contribution >= 0.6 is 24.4 Å². The van der Waals surface area contributed by atoms with Crippen LogP contribution in [-0.4, -0.2) is 29.6 Å². The van der Waals surface area contributed by atoms with Gasteiger partial charge in [0.1, 0.15) is 0 Å². The molecule has 1 aliphatic rings. The Hall–Kier alpha value is -3.87. The van der Waals surface area contributed by atoms with Crippen LogP contribution in [0.15, 0.2) is 87.2 Å². The summed E-state index contributed by atoms with van der Waals surface area (Å²) in [5.74, 6) is -0.136. The second-order valence-electron chi connectivity index (χ2n) is 8.47. The van der Waals surface area contributed by atoms with E-state index in [1.165, 1.54) is 11.8 Å². The Morgan fingerprint density at radius 3 is 2.65 bits per heavy atom. The molecule has 9 heteroatoms. The van der Waals surface area contributed by atoms with Gasteiger partial charge in [0, 0.05) is 29.9 Å². The van der Waals surface area contributed by atoms with E-state index in [0.29, 0.717) is 40.1 Å². The number of amidine groups is 1. The predicted molar refractivity (Wildman–Crippen MR) is 156 cm³/mol. The summed E-state index contributed by atoms with van der Waals surface area (Å²) in [5.41, 5.74) is 11.1. The van der Waals surface area contributed by atoms with E-state index in [0.717, 1.165) is 27.5 Å². The number of carbonyl (C=O) groups excluding carboxylic acids is 1. The summed E-state index contributed by atoms with van der Waals surface area (Å²) in [6, 6.07) is 22.8. The average molecular weight is 529 g/mol. The number of carbonyl (C=O) groups is 1. The maximum Gasteiger partial charge on any atom is 0.268 e. The van der Waals surface area contributed by atoms with Crippen molar-refractivity contribution in [3.8, 4) is 6.07 Å². The first-order valence-electron chi connectivity index (χ1n) is 11.8. The van der Waals surface area contributed by atoms with Crippen molar-refractivity contribution in [2.75, 3.05) is 29.5 Å². The first-order chi connectivity index (χ1) is 17.8. The zero-order valence-electron chi connectivity index (χ0n) is 20.9. The lowest BCUT2D eigenvalue weighted by molar-refractivity contribution is -0.122. The number of aliphatic imine (C=N–C) groups is 1. The third kappa shape index (κ3) is 5.77. The fourth-order valence-electron chi connectivity index (χ4n) is 3.90. The second kappa shape index (κ2) is 11.5. The van der Waals surface area contributed by atoms with E-state index < -0.39 is 0 Å². The Bertz CT molecular complexity index is 1430. The van der Waals surface area contributed by atoms with Gasteiger partial charge in [0.2, 0.25) is 0 Å². The van der Waals surface area contributed by atoms with Crippen LogP contribution in [0.5, 0.6) is 0 Å². The second-order valence-corrected chi connectivity index (χ2v) is 9.93. The third-order valence-corrected chi connectivity index (χ3v) is 7.50. The van der Waals surface area contributed by atoms with Gasteiger partial charge in [-0.3, -0.25) is 9.69 Å². The molecule has 37 heavy (non-hydrogen) atoms. The molecule has 1 heterocycles. The normalized spacial score (nSPS) is 15.6. The summed E-state index contributed by atoms with van der Waals surface area (Å²) in [6.45, 7) is 4.97. The fourth-order valence-corrected chi connectivity index (χ4v) is 5.25. The van der Waals surface area contributed by atoms with Crippen molar-refractivity contribution in [1.82, 2.24) is 4.90 Å². The van der Waals surface area contributed by atoms with E-state index in [-0.39, 0.29) is 5.91 Å². The van der Waals surface area contributed by atoms with Crippen LogP contribution in [0.4, 0.5) is 22.7 Å². The summed E-state index contributed by atoms with van der Waals surface area (Å²) in [6.07, 6.45) is 0. The number of nitrogens with two attached hydrogens (primary N) is 1. The molecule has 0 unspecified atom stereocenters. The number of allylic oxidation sites excluding steroid dienone is 1. The minimum atomic E-state index is -0.136. The van der Waals surface area contributed by atoms with E-state index in [1.54, 1.807) is 23.1 Å². The summed E-state index contributed by atoms with van der Waals surface area (Å²) < 4.78 is 0. The summed E-state index contributed by atoms with van der Waals surface area (Å²) in [5, 5.41) is 13.3. The molecule has 4 rings (SSSR count). The number of nitrogen functional groups attached to an aromatic ring is 1. The van der Waals surface area contributed by atoms with Gasteiger partial charge in [-0.2, -0.15) is 5.26 Å². The first kappa shape index (κ1) is 26.2. The molecule has 188 valence electrons. The van der Waals surface area contributed by atoms with Crippen LogP contribution in [0.3, 0.4) is 0 Å². The van der Waals surface area contributed by atoms with Crippen molar-refractivity contribution in [1.29, 1.82) is 5.26 Å². The van der Waals surface area contributed by atoms with Crippen molar-refractivity contribution in [3.63, 3.8) is 0 Å². The maximum atomic E-state index is 13.8. The molecule has 1 fully saturated rings. The fraction of sp³-hybridized carbons (Fsp3) is 0.179. The molecule has 1 saturated heterocycles. The van der Waals surface area contributed by atoms with E-state index in [9.17, 15) is 10.1 Å². The highest BCUT2D eigenvalue weighted by Gasteiger charge is 2.36. The number of amides is 1. The van der Waals surface area contributed by atoms with E-state index in [4.69, 9.17) is 10.7 Å². The topological polar surface area (TPSA) is 97.7 Å². The van der Waals surface area contributed by atoms with Gasteiger partial charge in [0.15, 0.2) is 5.17 Å². The van der Waals surface area contributed by atoms with Crippen LogP contribution in [0, 0.1) is 11.3 Å². The molecule has 3 aromatic carbocycles. The van der Waals surface area contributed by atoms with Crippen molar-refractivity contribution in [2.45, 2.75) is 25.3 Å². The molecular weight excluding hydrogens is 500 g/mol. The molecule has 0 aromatic heterocycles. The van der Waals surface area contributed by atoms with Gasteiger partial charge in [-0.1, -0.05) is 30.3 Å². The smallest absolute Gasteiger partial charge is 0.268 e. The molecule has 0 aliphatic carbocycles. The molecule has 1 aliphatic heterocycles. The molecule has 0 atom stereocenters. The van der Waals surface area contributed by atoms with Crippen LogP contribution in [0.25, 0.3) is 0 Å². The highest BCUT2D eigenvalue weighted by molar-refractivity contribution is 8.18. The lowest BCUT2D eigenvalue weighted by Gasteiger charge is -2.23. The number of nitriles is 1. The first-order valence-corrected chi connectivity index (χ1v) is 13.0. The molecule has 3 aromatic rings. The molecule has 0 radical (unpaired) electrons. The Morgan fingerprint density at radius 2 is 1.95 bits per heavy atom. The van der Waals surface area contributed by atoms with Crippen LogP contribution in [-0.2, 0) is 11.3 Å². The average Bonchev–Trinajstić information content (AvgIpc) is 3.20. The number of benzene rings is 3. The number of rotatable bonds is 7. The van der Waals surface area contributed by atoms with Crippen molar-refractivity contribution >= 4 is 58.2 Å². The van der Waals surface area contributed by atoms with Gasteiger partial charge in [0.25, 0.3) is 5.91 Å². The number of anilines is 3. The number of hydrogen-bond donors (Lipinski definition) is 3. The Labute approximate surface area is 227 Å². The molecular formula is C28H28N6OS2. The molecule has 7 nitrogen and oxygen atoms in total. The lowest BCUT2D eigenvalue weighted by Crippen LogP contribution is -2.29. The van der Waals surface area contributed by atoms with Crippen LogP contribution in [0.2, 0.25) is 0 Å². The van der Waals surface area contributed by atoms with Gasteiger partial charge in [-0.25, -0.2) is 4.99 Å². The summed E-state index contributed by atoms with van der Waals surface area (Å²) in [7, 11) is 1.89.